The quantitative estimate of drug-likeness (QED) is 0.770. The highest BCUT2D eigenvalue weighted by Crippen LogP contribution is 2.31. The average Bonchev–Trinajstić information content (AvgIpc) is 3.02. The summed E-state index contributed by atoms with van der Waals surface area (Å²) in [7, 11) is -3.30. The largest absolute Gasteiger partial charge is 0.416 e. The van der Waals surface area contributed by atoms with E-state index in [2.05, 4.69) is 15.6 Å². The number of urea groups is 1. The number of amides is 2. The predicted octanol–water partition coefficient (Wildman–Crippen LogP) is 3.51. The topological polar surface area (TPSA) is 91.4 Å². The van der Waals surface area contributed by atoms with Crippen molar-refractivity contribution < 1.29 is 26.4 Å². The van der Waals surface area contributed by atoms with Crippen molar-refractivity contribution in [2.24, 2.45) is 0 Å². The molecule has 1 aliphatic rings. The van der Waals surface area contributed by atoms with E-state index in [1.807, 2.05) is 0 Å². The Morgan fingerprint density at radius 1 is 1.25 bits per heavy atom. The van der Waals surface area contributed by atoms with E-state index in [0.29, 0.717) is 18.1 Å². The van der Waals surface area contributed by atoms with E-state index >= 15 is 0 Å². The molecule has 0 unspecified atom stereocenters. The fraction of sp³-hybridized carbons (Fsp3) is 0.375. The molecule has 0 saturated heterocycles. The molecule has 0 saturated carbocycles. The van der Waals surface area contributed by atoms with Crippen LogP contribution in [0.5, 0.6) is 0 Å². The number of hydrogen-bond acceptors (Lipinski definition) is 5. The zero-order valence-electron chi connectivity index (χ0n) is 14.7. The van der Waals surface area contributed by atoms with E-state index in [0.717, 1.165) is 34.8 Å². The molecule has 0 spiro atoms. The molecule has 0 radical (unpaired) electrons. The normalized spacial score (nSPS) is 15.1. The van der Waals surface area contributed by atoms with Gasteiger partial charge in [-0.05, 0) is 31.2 Å². The Kier molecular flexibility index (Phi) is 5.64. The van der Waals surface area contributed by atoms with Crippen molar-refractivity contribution >= 4 is 38.2 Å². The maximum Gasteiger partial charge on any atom is 0.416 e. The lowest BCUT2D eigenvalue weighted by molar-refractivity contribution is -0.137. The van der Waals surface area contributed by atoms with Gasteiger partial charge < -0.3 is 5.32 Å². The number of nitrogens with zero attached hydrogens (tertiary/aromatic N) is 2. The molecule has 1 aromatic carbocycles. The minimum atomic E-state index is -4.44. The number of anilines is 2. The first-order valence-electron chi connectivity index (χ1n) is 8.30. The SMILES string of the molecule is CCS(=O)(=O)N1CCc2nc(NC(=O)Nc3ccc(C(F)(F)F)cc3)sc2C1. The van der Waals surface area contributed by atoms with Crippen LogP contribution in [0.3, 0.4) is 0 Å². The van der Waals surface area contributed by atoms with Crippen LogP contribution < -0.4 is 10.6 Å². The molecule has 2 N–H and O–H groups in total. The van der Waals surface area contributed by atoms with E-state index in [1.54, 1.807) is 6.92 Å². The highest BCUT2D eigenvalue weighted by Gasteiger charge is 2.30. The van der Waals surface area contributed by atoms with Gasteiger partial charge in [-0.1, -0.05) is 11.3 Å². The summed E-state index contributed by atoms with van der Waals surface area (Å²) in [6.45, 7) is 2.13. The molecule has 1 aromatic heterocycles. The second-order valence-corrected chi connectivity index (χ2v) is 9.37. The number of thiazole rings is 1. The molecule has 2 aromatic rings. The number of carbonyl (C=O) groups is 1. The van der Waals surface area contributed by atoms with Gasteiger partial charge in [0.25, 0.3) is 0 Å². The second-order valence-electron chi connectivity index (χ2n) is 6.03. The van der Waals surface area contributed by atoms with Gasteiger partial charge >= 0.3 is 12.2 Å². The summed E-state index contributed by atoms with van der Waals surface area (Å²) < 4.78 is 63.1. The molecule has 152 valence electrons. The van der Waals surface area contributed by atoms with E-state index < -0.39 is 27.8 Å². The molecule has 3 rings (SSSR count). The Bertz CT molecular complexity index is 972. The molecule has 7 nitrogen and oxygen atoms in total. The molecule has 28 heavy (non-hydrogen) atoms. The van der Waals surface area contributed by atoms with E-state index in [4.69, 9.17) is 0 Å². The maximum atomic E-state index is 12.6. The summed E-state index contributed by atoms with van der Waals surface area (Å²) in [6.07, 6.45) is -3.99. The van der Waals surface area contributed by atoms with E-state index in [1.165, 1.54) is 15.6 Å². The maximum absolute atomic E-state index is 12.6. The third-order valence-electron chi connectivity index (χ3n) is 4.14. The van der Waals surface area contributed by atoms with Crippen molar-refractivity contribution in [1.82, 2.24) is 9.29 Å². The molecule has 0 fully saturated rings. The highest BCUT2D eigenvalue weighted by atomic mass is 32.2. The molecule has 2 heterocycles. The van der Waals surface area contributed by atoms with Gasteiger partial charge in [0.2, 0.25) is 10.0 Å². The fourth-order valence-corrected chi connectivity index (χ4v) is 4.81. The first-order valence-corrected chi connectivity index (χ1v) is 10.7. The first-order chi connectivity index (χ1) is 13.1. The molecule has 0 bridgehead atoms. The van der Waals surface area contributed by atoms with Crippen molar-refractivity contribution in [2.75, 3.05) is 22.9 Å². The van der Waals surface area contributed by atoms with Crippen LogP contribution in [0.2, 0.25) is 0 Å². The number of fused-ring (bicyclic) bond motifs is 1. The van der Waals surface area contributed by atoms with Gasteiger partial charge in [0, 0.05) is 30.1 Å². The molecular weight excluding hydrogens is 417 g/mol. The zero-order chi connectivity index (χ0) is 20.5. The van der Waals surface area contributed by atoms with Gasteiger partial charge in [-0.25, -0.2) is 18.2 Å². The Balaban J connectivity index is 1.63. The predicted molar refractivity (Wildman–Crippen MR) is 99.8 cm³/mol. The summed E-state index contributed by atoms with van der Waals surface area (Å²) in [4.78, 5) is 17.1. The second kappa shape index (κ2) is 7.68. The van der Waals surface area contributed by atoms with Crippen molar-refractivity contribution in [3.8, 4) is 0 Å². The number of rotatable bonds is 4. The van der Waals surface area contributed by atoms with Crippen molar-refractivity contribution in [3.05, 3.63) is 40.4 Å². The van der Waals surface area contributed by atoms with E-state index in [-0.39, 0.29) is 18.0 Å². The van der Waals surface area contributed by atoms with Crippen LogP contribution >= 0.6 is 11.3 Å². The Hall–Kier alpha value is -2.18. The smallest absolute Gasteiger partial charge is 0.308 e. The summed E-state index contributed by atoms with van der Waals surface area (Å²) in [5.41, 5.74) is 0.127. The van der Waals surface area contributed by atoms with Crippen LogP contribution in [-0.2, 0) is 29.2 Å². The molecule has 12 heteroatoms. The van der Waals surface area contributed by atoms with Crippen LogP contribution in [0, 0.1) is 0 Å². The first kappa shape index (κ1) is 20.6. The number of halogens is 3. The minimum absolute atomic E-state index is 0.0157. The number of benzene rings is 1. The molecule has 0 aliphatic carbocycles. The Labute approximate surface area is 163 Å². The number of alkyl halides is 3. The van der Waals surface area contributed by atoms with E-state index in [9.17, 15) is 26.4 Å². The van der Waals surface area contributed by atoms with Gasteiger partial charge in [-0.15, -0.1) is 0 Å². The van der Waals surface area contributed by atoms with Crippen LogP contribution in [0.4, 0.5) is 28.8 Å². The molecule has 2 amide bonds. The van der Waals surface area contributed by atoms with Gasteiger partial charge in [0.1, 0.15) is 0 Å². The molecular formula is C16H17F3N4O3S2. The third kappa shape index (κ3) is 4.62. The van der Waals surface area contributed by atoms with Crippen LogP contribution in [-0.4, -0.2) is 36.0 Å². The number of sulfonamides is 1. The summed E-state index contributed by atoms with van der Waals surface area (Å²) in [5, 5.41) is 5.26. The van der Waals surface area contributed by atoms with Gasteiger partial charge in [-0.3, -0.25) is 5.32 Å². The van der Waals surface area contributed by atoms with Crippen LogP contribution in [0.15, 0.2) is 24.3 Å². The van der Waals surface area contributed by atoms with Crippen molar-refractivity contribution in [3.63, 3.8) is 0 Å². The van der Waals surface area contributed by atoms with Crippen molar-refractivity contribution in [2.45, 2.75) is 26.1 Å². The zero-order valence-corrected chi connectivity index (χ0v) is 16.3. The van der Waals surface area contributed by atoms with Gasteiger partial charge in [0.15, 0.2) is 5.13 Å². The van der Waals surface area contributed by atoms with Gasteiger partial charge in [-0.2, -0.15) is 17.5 Å². The van der Waals surface area contributed by atoms with Crippen LogP contribution in [0.1, 0.15) is 23.1 Å². The number of aromatic nitrogens is 1. The molecule has 1 aliphatic heterocycles. The summed E-state index contributed by atoms with van der Waals surface area (Å²) in [5.74, 6) is 0.0157. The van der Waals surface area contributed by atoms with Crippen molar-refractivity contribution in [1.29, 1.82) is 0 Å². The lowest BCUT2D eigenvalue weighted by atomic mass is 10.2. The third-order valence-corrected chi connectivity index (χ3v) is 6.97. The Morgan fingerprint density at radius 2 is 1.93 bits per heavy atom. The van der Waals surface area contributed by atoms with Gasteiger partial charge in [0.05, 0.1) is 17.0 Å². The van der Waals surface area contributed by atoms with Crippen LogP contribution in [0.25, 0.3) is 0 Å². The standard InChI is InChI=1S/C16H17F3N4O3S2/c1-2-28(25,26)23-8-7-12-13(9-23)27-15(21-12)22-14(24)20-11-5-3-10(4-6-11)16(17,18)19/h3-6H,2,7-9H2,1H3,(H2,20,21,22,24). The number of carbonyl (C=O) groups excluding carboxylic acids is 1. The minimum Gasteiger partial charge on any atom is -0.308 e. The summed E-state index contributed by atoms with van der Waals surface area (Å²) >= 11 is 1.17. The lowest BCUT2D eigenvalue weighted by Crippen LogP contribution is -2.36. The highest BCUT2D eigenvalue weighted by molar-refractivity contribution is 7.89. The summed E-state index contributed by atoms with van der Waals surface area (Å²) in [6, 6.07) is 3.41. The number of hydrogen-bond donors (Lipinski definition) is 2. The monoisotopic (exact) mass is 434 g/mol. The Morgan fingerprint density at radius 3 is 2.54 bits per heavy atom. The molecule has 0 atom stereocenters. The number of nitrogens with one attached hydrogen (secondary N) is 2. The lowest BCUT2D eigenvalue weighted by Gasteiger charge is -2.24. The average molecular weight is 434 g/mol. The fourth-order valence-electron chi connectivity index (χ4n) is 2.65.